The molecule has 1 amide bonds. The van der Waals surface area contributed by atoms with E-state index in [0.29, 0.717) is 6.04 Å². The van der Waals surface area contributed by atoms with Gasteiger partial charge < -0.3 is 4.57 Å². The highest BCUT2D eigenvalue weighted by Gasteiger charge is 2.30. The molecule has 1 saturated carbocycles. The van der Waals surface area contributed by atoms with Crippen LogP contribution in [0.5, 0.6) is 0 Å². The van der Waals surface area contributed by atoms with Gasteiger partial charge >= 0.3 is 0 Å². The fourth-order valence-corrected chi connectivity index (χ4v) is 4.35. The monoisotopic (exact) mass is 351 g/mol. The van der Waals surface area contributed by atoms with Gasteiger partial charge in [-0.25, -0.2) is 4.99 Å². The number of amides is 1. The molecule has 5 heteroatoms. The molecule has 2 aromatic rings. The fraction of sp³-hybridized carbons (Fsp3) is 0.300. The Morgan fingerprint density at radius 2 is 1.92 bits per heavy atom. The third-order valence-electron chi connectivity index (χ3n) is 4.77. The first-order chi connectivity index (χ1) is 12.2. The van der Waals surface area contributed by atoms with E-state index in [-0.39, 0.29) is 5.91 Å². The number of hydrogen-bond acceptors (Lipinski definition) is 3. The van der Waals surface area contributed by atoms with Crippen LogP contribution in [0.25, 0.3) is 6.08 Å². The third-order valence-corrected chi connectivity index (χ3v) is 5.83. The van der Waals surface area contributed by atoms with E-state index >= 15 is 0 Å². The average Bonchev–Trinajstić information content (AvgIpc) is 3.35. The second kappa shape index (κ2) is 6.92. The number of carbonyl (C=O) groups is 1. The van der Waals surface area contributed by atoms with Gasteiger partial charge in [-0.15, -0.1) is 0 Å². The Bertz CT molecular complexity index is 832. The lowest BCUT2D eigenvalue weighted by atomic mass is 10.2. The summed E-state index contributed by atoms with van der Waals surface area (Å²) in [7, 11) is 1.78. The van der Waals surface area contributed by atoms with Crippen LogP contribution in [0.1, 0.15) is 37.3 Å². The van der Waals surface area contributed by atoms with Crippen LogP contribution >= 0.6 is 11.8 Å². The number of hydrogen-bond donors (Lipinski definition) is 0. The minimum atomic E-state index is 0.00768. The molecule has 2 aliphatic rings. The van der Waals surface area contributed by atoms with Crippen molar-refractivity contribution in [2.24, 2.45) is 4.99 Å². The molecule has 0 spiro atoms. The molecule has 4 nitrogen and oxygen atoms in total. The summed E-state index contributed by atoms with van der Waals surface area (Å²) in [5.41, 5.74) is 1.94. The summed E-state index contributed by atoms with van der Waals surface area (Å²) in [6, 6.07) is 12.4. The molecule has 25 heavy (non-hydrogen) atoms. The van der Waals surface area contributed by atoms with Crippen molar-refractivity contribution in [2.75, 3.05) is 7.05 Å². The Hall–Kier alpha value is -2.27. The van der Waals surface area contributed by atoms with E-state index in [1.54, 1.807) is 11.9 Å². The molecular weight excluding hydrogens is 330 g/mol. The zero-order valence-corrected chi connectivity index (χ0v) is 15.1. The first-order valence-corrected chi connectivity index (χ1v) is 9.51. The largest absolute Gasteiger partial charge is 0.351 e. The molecule has 0 atom stereocenters. The number of benzene rings is 1. The van der Waals surface area contributed by atoms with Gasteiger partial charge in [0.25, 0.3) is 5.91 Å². The van der Waals surface area contributed by atoms with E-state index in [9.17, 15) is 4.79 Å². The SMILES string of the molecule is CN1C(=O)/C(=C\c2ccn(C3CCCC3)c2)SC1=Nc1ccccc1. The number of nitrogens with zero attached hydrogens (tertiary/aromatic N) is 3. The van der Waals surface area contributed by atoms with Crippen molar-refractivity contribution < 1.29 is 4.79 Å². The van der Waals surface area contributed by atoms with Crippen molar-refractivity contribution in [3.05, 3.63) is 59.3 Å². The summed E-state index contributed by atoms with van der Waals surface area (Å²) >= 11 is 1.44. The van der Waals surface area contributed by atoms with Gasteiger partial charge in [0, 0.05) is 25.5 Å². The minimum absolute atomic E-state index is 0.00768. The van der Waals surface area contributed by atoms with Crippen molar-refractivity contribution in [3.63, 3.8) is 0 Å². The fourth-order valence-electron chi connectivity index (χ4n) is 3.36. The van der Waals surface area contributed by atoms with Gasteiger partial charge in [0.2, 0.25) is 0 Å². The number of amidine groups is 1. The first-order valence-electron chi connectivity index (χ1n) is 8.69. The molecule has 1 saturated heterocycles. The predicted octanol–water partition coefficient (Wildman–Crippen LogP) is 4.84. The average molecular weight is 351 g/mol. The number of aromatic nitrogens is 1. The van der Waals surface area contributed by atoms with Gasteiger partial charge in [0.05, 0.1) is 10.6 Å². The van der Waals surface area contributed by atoms with Crippen molar-refractivity contribution in [1.29, 1.82) is 0 Å². The van der Waals surface area contributed by atoms with Crippen LogP contribution in [0, 0.1) is 0 Å². The maximum atomic E-state index is 12.5. The Labute approximate surface area is 152 Å². The van der Waals surface area contributed by atoms with Crippen molar-refractivity contribution in [2.45, 2.75) is 31.7 Å². The number of thioether (sulfide) groups is 1. The zero-order valence-electron chi connectivity index (χ0n) is 14.3. The Balaban J connectivity index is 1.55. The predicted molar refractivity (Wildman–Crippen MR) is 104 cm³/mol. The third kappa shape index (κ3) is 3.42. The molecule has 1 aliphatic heterocycles. The van der Waals surface area contributed by atoms with Gasteiger partial charge in [-0.1, -0.05) is 31.0 Å². The molecule has 1 aromatic heterocycles. The van der Waals surface area contributed by atoms with Crippen molar-refractivity contribution in [3.8, 4) is 0 Å². The standard InChI is InChI=1S/C20H21N3OS/c1-22-19(24)18(25-20(22)21-16-7-3-2-4-8-16)13-15-11-12-23(14-15)17-9-5-6-10-17/h2-4,7-8,11-14,17H,5-6,9-10H2,1H3/b18-13+,21-20?. The highest BCUT2D eigenvalue weighted by Crippen LogP contribution is 2.34. The first kappa shape index (κ1) is 16.2. The number of para-hydroxylation sites is 1. The maximum Gasteiger partial charge on any atom is 0.266 e. The summed E-state index contributed by atoms with van der Waals surface area (Å²) in [6.07, 6.45) is 11.4. The van der Waals surface area contributed by atoms with Crippen LogP contribution in [0.2, 0.25) is 0 Å². The zero-order chi connectivity index (χ0) is 17.2. The maximum absolute atomic E-state index is 12.5. The topological polar surface area (TPSA) is 37.6 Å². The lowest BCUT2D eigenvalue weighted by Crippen LogP contribution is -2.23. The van der Waals surface area contributed by atoms with Crippen LogP contribution in [-0.2, 0) is 4.79 Å². The lowest BCUT2D eigenvalue weighted by Gasteiger charge is -2.10. The van der Waals surface area contributed by atoms with Crippen LogP contribution in [0.4, 0.5) is 5.69 Å². The van der Waals surface area contributed by atoms with Crippen molar-refractivity contribution >= 4 is 34.6 Å². The minimum Gasteiger partial charge on any atom is -0.351 e. The molecule has 0 bridgehead atoms. The van der Waals surface area contributed by atoms with Crippen molar-refractivity contribution in [1.82, 2.24) is 9.47 Å². The van der Waals surface area contributed by atoms with Gasteiger partial charge in [-0.2, -0.15) is 0 Å². The normalized spacial score (nSPS) is 21.8. The Kier molecular flexibility index (Phi) is 4.49. The Morgan fingerprint density at radius 3 is 2.68 bits per heavy atom. The van der Waals surface area contributed by atoms with E-state index < -0.39 is 0 Å². The molecule has 0 unspecified atom stereocenters. The quantitative estimate of drug-likeness (QED) is 0.742. The van der Waals surface area contributed by atoms with Crippen LogP contribution < -0.4 is 0 Å². The highest BCUT2D eigenvalue weighted by atomic mass is 32.2. The Morgan fingerprint density at radius 1 is 1.16 bits per heavy atom. The van der Waals surface area contributed by atoms with Crippen LogP contribution in [0.15, 0.2) is 58.7 Å². The van der Waals surface area contributed by atoms with Gasteiger partial charge in [-0.05, 0) is 54.4 Å². The number of rotatable bonds is 3. The van der Waals surface area contributed by atoms with E-state index in [1.165, 1.54) is 37.4 Å². The second-order valence-electron chi connectivity index (χ2n) is 6.54. The molecule has 4 rings (SSSR count). The van der Waals surface area contributed by atoms with Gasteiger partial charge in [-0.3, -0.25) is 9.69 Å². The molecule has 1 aliphatic carbocycles. The summed E-state index contributed by atoms with van der Waals surface area (Å²) in [4.78, 5) is 19.5. The second-order valence-corrected chi connectivity index (χ2v) is 7.54. The smallest absolute Gasteiger partial charge is 0.266 e. The van der Waals surface area contributed by atoms with E-state index in [2.05, 4.69) is 28.0 Å². The van der Waals surface area contributed by atoms with E-state index in [4.69, 9.17) is 0 Å². The molecule has 0 N–H and O–H groups in total. The molecule has 0 radical (unpaired) electrons. The van der Waals surface area contributed by atoms with Gasteiger partial charge in [0.1, 0.15) is 0 Å². The van der Waals surface area contributed by atoms with Crippen LogP contribution in [0.3, 0.4) is 0 Å². The lowest BCUT2D eigenvalue weighted by molar-refractivity contribution is -0.121. The van der Waals surface area contributed by atoms with E-state index in [1.807, 2.05) is 36.4 Å². The summed E-state index contributed by atoms with van der Waals surface area (Å²) in [6.45, 7) is 0. The molecule has 2 fully saturated rings. The molecule has 2 heterocycles. The van der Waals surface area contributed by atoms with E-state index in [0.717, 1.165) is 21.3 Å². The number of aliphatic imine (C=N–C) groups is 1. The highest BCUT2D eigenvalue weighted by molar-refractivity contribution is 8.18. The van der Waals surface area contributed by atoms with Crippen LogP contribution in [-0.4, -0.2) is 27.6 Å². The summed E-state index contributed by atoms with van der Waals surface area (Å²) < 4.78 is 2.30. The number of likely N-dealkylation sites (N-methyl/N-ethyl adjacent to an activating group) is 1. The summed E-state index contributed by atoms with van der Waals surface area (Å²) in [5, 5.41) is 0.720. The number of carbonyl (C=O) groups excluding carboxylic acids is 1. The summed E-state index contributed by atoms with van der Waals surface area (Å²) in [5.74, 6) is 0.00768. The van der Waals surface area contributed by atoms with Gasteiger partial charge in [0.15, 0.2) is 5.17 Å². The molecule has 128 valence electrons. The molecular formula is C20H21N3OS. The molecule has 1 aromatic carbocycles.